The third kappa shape index (κ3) is 2.36. The van der Waals surface area contributed by atoms with Gasteiger partial charge in [-0.3, -0.25) is 9.10 Å². The maximum atomic E-state index is 13.4. The maximum Gasteiger partial charge on any atom is 0.264 e. The van der Waals surface area contributed by atoms with Crippen molar-refractivity contribution >= 4 is 32.4 Å². The van der Waals surface area contributed by atoms with E-state index in [-0.39, 0.29) is 5.78 Å². The lowest BCUT2D eigenvalue weighted by Crippen LogP contribution is -2.29. The van der Waals surface area contributed by atoms with E-state index in [1.807, 2.05) is 30.3 Å². The highest BCUT2D eigenvalue weighted by atomic mass is 32.2. The number of hydrogen-bond donors (Lipinski definition) is 1. The number of ketones is 1. The molecule has 3 aromatic rings. The molecule has 2 aliphatic rings. The van der Waals surface area contributed by atoms with Gasteiger partial charge >= 0.3 is 0 Å². The fourth-order valence-electron chi connectivity index (χ4n) is 4.40. The lowest BCUT2D eigenvalue weighted by Gasteiger charge is -2.21. The lowest BCUT2D eigenvalue weighted by atomic mass is 9.94. The predicted molar refractivity (Wildman–Crippen MR) is 105 cm³/mol. The number of aryl methyl sites for hydroxylation is 2. The van der Waals surface area contributed by atoms with Crippen LogP contribution in [0.2, 0.25) is 0 Å². The van der Waals surface area contributed by atoms with Gasteiger partial charge in [0.2, 0.25) is 0 Å². The quantitative estimate of drug-likeness (QED) is 0.736. The third-order valence-corrected chi connectivity index (χ3v) is 7.65. The minimum atomic E-state index is -3.66. The van der Waals surface area contributed by atoms with Crippen LogP contribution >= 0.6 is 0 Å². The number of para-hydroxylation sites is 1. The van der Waals surface area contributed by atoms with Gasteiger partial charge in [-0.25, -0.2) is 8.42 Å². The highest BCUT2D eigenvalue weighted by Gasteiger charge is 2.32. The summed E-state index contributed by atoms with van der Waals surface area (Å²) in [6, 6.07) is 11.2. The second-order valence-corrected chi connectivity index (χ2v) is 9.21. The van der Waals surface area contributed by atoms with Gasteiger partial charge in [0.05, 0.1) is 10.6 Å². The molecule has 1 aromatic heterocycles. The summed E-state index contributed by atoms with van der Waals surface area (Å²) < 4.78 is 28.3. The molecule has 5 rings (SSSR count). The van der Waals surface area contributed by atoms with E-state index in [1.165, 1.54) is 4.31 Å². The van der Waals surface area contributed by atoms with E-state index in [0.29, 0.717) is 23.4 Å². The number of fused-ring (bicyclic) bond motifs is 4. The molecule has 6 heteroatoms. The smallest absolute Gasteiger partial charge is 0.264 e. The number of Topliss-reactive ketones (excluding diaryl/α,β-unsaturated/α-hetero) is 1. The number of anilines is 1. The van der Waals surface area contributed by atoms with Gasteiger partial charge in [0.15, 0.2) is 5.78 Å². The molecule has 0 atom stereocenters. The SMILES string of the molecule is Cc1cc2c3c([nH]c2cc1S(=O)(=O)N1CCc2ccccc21)CCCC3=O. The van der Waals surface area contributed by atoms with E-state index in [2.05, 4.69) is 4.98 Å². The third-order valence-electron chi connectivity index (χ3n) is 5.69. The second kappa shape index (κ2) is 5.70. The summed E-state index contributed by atoms with van der Waals surface area (Å²) in [6.45, 7) is 2.26. The summed E-state index contributed by atoms with van der Waals surface area (Å²) in [5.74, 6) is 0.144. The first-order valence-corrected chi connectivity index (χ1v) is 10.7. The molecular weight excluding hydrogens is 360 g/mol. The van der Waals surface area contributed by atoms with Gasteiger partial charge in [-0.05, 0) is 55.5 Å². The fraction of sp³-hybridized carbons (Fsp3) is 0.286. The molecule has 5 nitrogen and oxygen atoms in total. The number of rotatable bonds is 2. The molecule has 0 fully saturated rings. The Bertz CT molecular complexity index is 1210. The van der Waals surface area contributed by atoms with Gasteiger partial charge in [0.25, 0.3) is 10.0 Å². The van der Waals surface area contributed by atoms with Gasteiger partial charge in [0.1, 0.15) is 0 Å². The van der Waals surface area contributed by atoms with Crippen molar-refractivity contribution in [2.45, 2.75) is 37.5 Å². The van der Waals surface area contributed by atoms with Crippen LogP contribution in [0.5, 0.6) is 0 Å². The van der Waals surface area contributed by atoms with E-state index >= 15 is 0 Å². The number of aromatic nitrogens is 1. The number of sulfonamides is 1. The molecule has 1 aliphatic heterocycles. The standard InChI is InChI=1S/C21H20N2O3S/c1-13-11-15-17(22-16-6-4-8-19(24)21(15)16)12-20(13)27(25,26)23-10-9-14-5-2-3-7-18(14)23/h2-3,5,7,11-12,22H,4,6,8-10H2,1H3. The highest BCUT2D eigenvalue weighted by Crippen LogP contribution is 2.36. The molecule has 0 saturated heterocycles. The van der Waals surface area contributed by atoms with E-state index in [4.69, 9.17) is 0 Å². The van der Waals surface area contributed by atoms with E-state index < -0.39 is 10.0 Å². The molecule has 0 amide bonds. The molecule has 1 N–H and O–H groups in total. The van der Waals surface area contributed by atoms with Gasteiger partial charge < -0.3 is 4.98 Å². The zero-order valence-electron chi connectivity index (χ0n) is 15.1. The van der Waals surface area contributed by atoms with Crippen LogP contribution in [0.3, 0.4) is 0 Å². The van der Waals surface area contributed by atoms with Gasteiger partial charge in [0, 0.05) is 35.1 Å². The second-order valence-electron chi connectivity index (χ2n) is 7.37. The number of aromatic amines is 1. The molecule has 0 spiro atoms. The summed E-state index contributed by atoms with van der Waals surface area (Å²) in [7, 11) is -3.66. The van der Waals surface area contributed by atoms with Crippen LogP contribution in [0.4, 0.5) is 5.69 Å². The molecule has 0 saturated carbocycles. The highest BCUT2D eigenvalue weighted by molar-refractivity contribution is 7.93. The van der Waals surface area contributed by atoms with Crippen LogP contribution < -0.4 is 4.31 Å². The normalized spacial score (nSPS) is 16.6. The molecule has 2 aromatic carbocycles. The van der Waals surface area contributed by atoms with Gasteiger partial charge in [-0.1, -0.05) is 18.2 Å². The Morgan fingerprint density at radius 3 is 2.74 bits per heavy atom. The zero-order chi connectivity index (χ0) is 18.8. The molecular formula is C21H20N2O3S. The number of nitrogens with zero attached hydrogens (tertiary/aromatic N) is 1. The summed E-state index contributed by atoms with van der Waals surface area (Å²) in [6.07, 6.45) is 2.95. The Morgan fingerprint density at radius 2 is 1.89 bits per heavy atom. The molecule has 0 radical (unpaired) electrons. The predicted octanol–water partition coefficient (Wildman–Crippen LogP) is 3.75. The largest absolute Gasteiger partial charge is 0.358 e. The van der Waals surface area contributed by atoms with Crippen molar-refractivity contribution in [1.29, 1.82) is 0 Å². The Kier molecular flexibility index (Phi) is 3.49. The summed E-state index contributed by atoms with van der Waals surface area (Å²) in [5.41, 5.74) is 4.90. The van der Waals surface area contributed by atoms with Gasteiger partial charge in [-0.2, -0.15) is 0 Å². The fourth-order valence-corrected chi connectivity index (χ4v) is 6.14. The molecule has 27 heavy (non-hydrogen) atoms. The minimum absolute atomic E-state index is 0.144. The monoisotopic (exact) mass is 380 g/mol. The van der Waals surface area contributed by atoms with Crippen molar-refractivity contribution in [1.82, 2.24) is 4.98 Å². The Balaban J connectivity index is 1.67. The Labute approximate surface area is 158 Å². The molecule has 0 bridgehead atoms. The first kappa shape index (κ1) is 16.6. The topological polar surface area (TPSA) is 70.2 Å². The summed E-state index contributed by atoms with van der Waals surface area (Å²) >= 11 is 0. The van der Waals surface area contributed by atoms with Crippen LogP contribution in [0, 0.1) is 6.92 Å². The number of carbonyl (C=O) groups excluding carboxylic acids is 1. The van der Waals surface area contributed by atoms with Crippen LogP contribution in [0.1, 0.15) is 40.0 Å². The maximum absolute atomic E-state index is 13.4. The Morgan fingerprint density at radius 1 is 1.07 bits per heavy atom. The van der Waals surface area contributed by atoms with Crippen molar-refractivity contribution in [2.24, 2.45) is 0 Å². The van der Waals surface area contributed by atoms with E-state index in [1.54, 1.807) is 13.0 Å². The van der Waals surface area contributed by atoms with Crippen LogP contribution in [-0.4, -0.2) is 25.7 Å². The molecule has 2 heterocycles. The van der Waals surface area contributed by atoms with Crippen LogP contribution in [0.25, 0.3) is 10.9 Å². The van der Waals surface area contributed by atoms with Crippen LogP contribution in [-0.2, 0) is 22.9 Å². The number of nitrogens with one attached hydrogen (secondary N) is 1. The van der Waals surface area contributed by atoms with Crippen molar-refractivity contribution in [3.63, 3.8) is 0 Å². The van der Waals surface area contributed by atoms with E-state index in [9.17, 15) is 13.2 Å². The summed E-state index contributed by atoms with van der Waals surface area (Å²) in [4.78, 5) is 15.9. The van der Waals surface area contributed by atoms with E-state index in [0.717, 1.165) is 52.7 Å². The first-order valence-electron chi connectivity index (χ1n) is 9.26. The summed E-state index contributed by atoms with van der Waals surface area (Å²) in [5, 5.41) is 0.841. The average Bonchev–Trinajstić information content (AvgIpc) is 3.23. The minimum Gasteiger partial charge on any atom is -0.358 e. The van der Waals surface area contributed by atoms with Crippen molar-refractivity contribution in [3.05, 3.63) is 58.8 Å². The zero-order valence-corrected chi connectivity index (χ0v) is 15.9. The lowest BCUT2D eigenvalue weighted by molar-refractivity contribution is 0.0974. The number of carbonyl (C=O) groups is 1. The van der Waals surface area contributed by atoms with Crippen LogP contribution in [0.15, 0.2) is 41.3 Å². The van der Waals surface area contributed by atoms with Gasteiger partial charge in [-0.15, -0.1) is 0 Å². The number of hydrogen-bond acceptors (Lipinski definition) is 3. The Hall–Kier alpha value is -2.60. The number of benzene rings is 2. The first-order chi connectivity index (χ1) is 13.0. The number of H-pyrrole nitrogens is 1. The average molecular weight is 380 g/mol. The molecule has 1 aliphatic carbocycles. The molecule has 0 unspecified atom stereocenters. The van der Waals surface area contributed by atoms with Crippen molar-refractivity contribution < 1.29 is 13.2 Å². The molecule has 138 valence electrons. The van der Waals surface area contributed by atoms with Crippen molar-refractivity contribution in [3.8, 4) is 0 Å². The van der Waals surface area contributed by atoms with Crippen molar-refractivity contribution in [2.75, 3.05) is 10.8 Å².